The van der Waals surface area contributed by atoms with Crippen molar-refractivity contribution in [2.45, 2.75) is 19.5 Å². The van der Waals surface area contributed by atoms with E-state index in [2.05, 4.69) is 17.1 Å². The fraction of sp³-hybridized carbons (Fsp3) is 0.500. The molecular weight excluding hydrogens is 254 g/mol. The van der Waals surface area contributed by atoms with Gasteiger partial charge < -0.3 is 5.32 Å². The summed E-state index contributed by atoms with van der Waals surface area (Å²) in [5.74, 6) is 0. The number of rotatable bonds is 5. The van der Waals surface area contributed by atoms with Gasteiger partial charge in [0.2, 0.25) is 0 Å². The number of hydrogen-bond acceptors (Lipinski definition) is 4. The maximum atomic E-state index is 11.0. The van der Waals surface area contributed by atoms with E-state index in [1.54, 1.807) is 12.1 Å². The van der Waals surface area contributed by atoms with Crippen LogP contribution >= 0.6 is 11.6 Å². The van der Waals surface area contributed by atoms with Crippen molar-refractivity contribution >= 4 is 17.3 Å². The highest BCUT2D eigenvalue weighted by Gasteiger charge is 2.25. The summed E-state index contributed by atoms with van der Waals surface area (Å²) in [6, 6.07) is 5.19. The number of nitro groups is 1. The average molecular weight is 270 g/mol. The molecule has 0 radical (unpaired) electrons. The highest BCUT2D eigenvalue weighted by molar-refractivity contribution is 6.30. The van der Waals surface area contributed by atoms with E-state index in [1.807, 2.05) is 0 Å². The molecule has 0 atom stereocenters. The SMILES string of the molecule is CCN(Cc1cc(Cl)ccc1[N+](=O)[O-])C1CNC1. The van der Waals surface area contributed by atoms with Crippen LogP contribution in [0.15, 0.2) is 18.2 Å². The zero-order valence-electron chi connectivity index (χ0n) is 10.2. The van der Waals surface area contributed by atoms with Crippen molar-refractivity contribution in [2.24, 2.45) is 0 Å². The van der Waals surface area contributed by atoms with Crippen LogP contribution in [0.25, 0.3) is 0 Å². The van der Waals surface area contributed by atoms with E-state index in [1.165, 1.54) is 6.07 Å². The van der Waals surface area contributed by atoms with E-state index in [4.69, 9.17) is 11.6 Å². The van der Waals surface area contributed by atoms with Gasteiger partial charge in [-0.3, -0.25) is 15.0 Å². The van der Waals surface area contributed by atoms with Crippen LogP contribution in [-0.4, -0.2) is 35.5 Å². The zero-order valence-corrected chi connectivity index (χ0v) is 11.0. The van der Waals surface area contributed by atoms with Crippen LogP contribution in [0.4, 0.5) is 5.69 Å². The van der Waals surface area contributed by atoms with Crippen LogP contribution in [0, 0.1) is 10.1 Å². The molecule has 18 heavy (non-hydrogen) atoms. The molecule has 0 unspecified atom stereocenters. The van der Waals surface area contributed by atoms with Crippen LogP contribution in [0.3, 0.4) is 0 Å². The Labute approximate surface area is 111 Å². The van der Waals surface area contributed by atoms with Crippen molar-refractivity contribution in [1.29, 1.82) is 0 Å². The molecule has 1 aliphatic heterocycles. The van der Waals surface area contributed by atoms with Crippen LogP contribution in [0.1, 0.15) is 12.5 Å². The molecule has 0 amide bonds. The molecular formula is C12H16ClN3O2. The molecule has 0 bridgehead atoms. The summed E-state index contributed by atoms with van der Waals surface area (Å²) in [5, 5.41) is 14.7. The van der Waals surface area contributed by atoms with Gasteiger partial charge in [-0.15, -0.1) is 0 Å². The van der Waals surface area contributed by atoms with Gasteiger partial charge in [0.05, 0.1) is 4.92 Å². The normalized spacial score (nSPS) is 15.7. The molecule has 1 aliphatic rings. The number of benzene rings is 1. The molecule has 1 aromatic carbocycles. The molecule has 1 fully saturated rings. The number of likely N-dealkylation sites (N-methyl/N-ethyl adjacent to an activating group) is 1. The number of halogens is 1. The fourth-order valence-corrected chi connectivity index (χ4v) is 2.30. The second kappa shape index (κ2) is 5.65. The fourth-order valence-electron chi connectivity index (χ4n) is 2.11. The predicted molar refractivity (Wildman–Crippen MR) is 70.8 cm³/mol. The van der Waals surface area contributed by atoms with Crippen molar-refractivity contribution in [3.8, 4) is 0 Å². The molecule has 1 saturated heterocycles. The average Bonchev–Trinajstić information content (AvgIpc) is 2.25. The van der Waals surface area contributed by atoms with Crippen LogP contribution in [0.5, 0.6) is 0 Å². The summed E-state index contributed by atoms with van der Waals surface area (Å²) >= 11 is 5.92. The van der Waals surface area contributed by atoms with Gasteiger partial charge in [-0.2, -0.15) is 0 Å². The monoisotopic (exact) mass is 269 g/mol. The lowest BCUT2D eigenvalue weighted by Gasteiger charge is -2.37. The molecule has 0 saturated carbocycles. The molecule has 2 rings (SSSR count). The van der Waals surface area contributed by atoms with Crippen molar-refractivity contribution in [1.82, 2.24) is 10.2 Å². The molecule has 1 heterocycles. The Morgan fingerprint density at radius 1 is 1.56 bits per heavy atom. The maximum Gasteiger partial charge on any atom is 0.273 e. The zero-order chi connectivity index (χ0) is 13.1. The predicted octanol–water partition coefficient (Wildman–Crippen LogP) is 2.04. The lowest BCUT2D eigenvalue weighted by molar-refractivity contribution is -0.385. The largest absolute Gasteiger partial charge is 0.314 e. The molecule has 6 heteroatoms. The molecule has 98 valence electrons. The quantitative estimate of drug-likeness (QED) is 0.656. The van der Waals surface area contributed by atoms with Crippen molar-refractivity contribution < 1.29 is 4.92 Å². The molecule has 0 aromatic heterocycles. The highest BCUT2D eigenvalue weighted by Crippen LogP contribution is 2.25. The minimum absolute atomic E-state index is 0.144. The summed E-state index contributed by atoms with van der Waals surface area (Å²) in [5.41, 5.74) is 0.825. The summed E-state index contributed by atoms with van der Waals surface area (Å²) < 4.78 is 0. The Morgan fingerprint density at radius 2 is 2.28 bits per heavy atom. The molecule has 0 spiro atoms. The third-order valence-electron chi connectivity index (χ3n) is 3.29. The number of nitrogens with one attached hydrogen (secondary N) is 1. The van der Waals surface area contributed by atoms with Crippen LogP contribution < -0.4 is 5.32 Å². The van der Waals surface area contributed by atoms with Gasteiger partial charge in [-0.25, -0.2) is 0 Å². The minimum atomic E-state index is -0.349. The van der Waals surface area contributed by atoms with E-state index in [9.17, 15) is 10.1 Å². The summed E-state index contributed by atoms with van der Waals surface area (Å²) in [7, 11) is 0. The third-order valence-corrected chi connectivity index (χ3v) is 3.53. The lowest BCUT2D eigenvalue weighted by Crippen LogP contribution is -2.56. The Bertz CT molecular complexity index is 449. The highest BCUT2D eigenvalue weighted by atomic mass is 35.5. The number of nitrogens with zero attached hydrogens (tertiary/aromatic N) is 2. The first kappa shape index (κ1) is 13.3. The van der Waals surface area contributed by atoms with Gasteiger partial charge in [-0.05, 0) is 18.7 Å². The van der Waals surface area contributed by atoms with Crippen molar-refractivity contribution in [3.63, 3.8) is 0 Å². The first-order valence-electron chi connectivity index (χ1n) is 5.99. The Hall–Kier alpha value is -1.17. The van der Waals surface area contributed by atoms with E-state index in [-0.39, 0.29) is 10.6 Å². The number of hydrogen-bond donors (Lipinski definition) is 1. The molecule has 1 N–H and O–H groups in total. The van der Waals surface area contributed by atoms with E-state index >= 15 is 0 Å². The summed E-state index contributed by atoms with van der Waals surface area (Å²) in [4.78, 5) is 12.9. The Morgan fingerprint density at radius 3 is 2.78 bits per heavy atom. The summed E-state index contributed by atoms with van der Waals surface area (Å²) in [6.07, 6.45) is 0. The Balaban J connectivity index is 2.20. The van der Waals surface area contributed by atoms with Crippen molar-refractivity contribution in [2.75, 3.05) is 19.6 Å². The molecule has 0 aliphatic carbocycles. The Kier molecular flexibility index (Phi) is 4.16. The first-order valence-corrected chi connectivity index (χ1v) is 6.37. The van der Waals surface area contributed by atoms with E-state index in [0.29, 0.717) is 23.2 Å². The standard InChI is InChI=1S/C12H16ClN3O2/c1-2-15(11-6-14-7-11)8-9-5-10(13)3-4-12(9)16(17)18/h3-5,11,14H,2,6-8H2,1H3. The van der Waals surface area contributed by atoms with Gasteiger partial charge >= 0.3 is 0 Å². The number of nitro benzene ring substituents is 1. The molecule has 1 aromatic rings. The van der Waals surface area contributed by atoms with Gasteiger partial charge in [0, 0.05) is 42.3 Å². The second-order valence-corrected chi connectivity index (χ2v) is 4.84. The summed E-state index contributed by atoms with van der Waals surface area (Å²) in [6.45, 7) is 5.40. The second-order valence-electron chi connectivity index (χ2n) is 4.41. The third kappa shape index (κ3) is 2.80. The minimum Gasteiger partial charge on any atom is -0.314 e. The maximum absolute atomic E-state index is 11.0. The van der Waals surface area contributed by atoms with E-state index < -0.39 is 0 Å². The first-order chi connectivity index (χ1) is 8.61. The smallest absolute Gasteiger partial charge is 0.273 e. The van der Waals surface area contributed by atoms with Gasteiger partial charge in [0.15, 0.2) is 0 Å². The van der Waals surface area contributed by atoms with Crippen LogP contribution in [-0.2, 0) is 6.54 Å². The topological polar surface area (TPSA) is 58.4 Å². The van der Waals surface area contributed by atoms with Gasteiger partial charge in [0.1, 0.15) is 0 Å². The lowest BCUT2D eigenvalue weighted by atomic mass is 10.1. The van der Waals surface area contributed by atoms with Gasteiger partial charge in [0.25, 0.3) is 5.69 Å². The van der Waals surface area contributed by atoms with Gasteiger partial charge in [-0.1, -0.05) is 18.5 Å². The van der Waals surface area contributed by atoms with E-state index in [0.717, 1.165) is 19.6 Å². The van der Waals surface area contributed by atoms with Crippen molar-refractivity contribution in [3.05, 3.63) is 38.9 Å². The van der Waals surface area contributed by atoms with Crippen LogP contribution in [0.2, 0.25) is 5.02 Å². The molecule has 5 nitrogen and oxygen atoms in total.